The predicted octanol–water partition coefficient (Wildman–Crippen LogP) is 1.78. The number of carbonyl (C=O) groups excluding carboxylic acids is 1. The summed E-state index contributed by atoms with van der Waals surface area (Å²) in [7, 11) is 1.57. The van der Waals surface area contributed by atoms with Crippen LogP contribution in [-0.4, -0.2) is 54.6 Å². The second kappa shape index (κ2) is 7.56. The number of ether oxygens (including phenoxy) is 2. The van der Waals surface area contributed by atoms with Crippen molar-refractivity contribution in [3.8, 4) is 5.88 Å². The van der Waals surface area contributed by atoms with Gasteiger partial charge in [-0.2, -0.15) is 0 Å². The largest absolute Gasteiger partial charge is 0.480 e. The second-order valence-electron chi connectivity index (χ2n) is 7.53. The van der Waals surface area contributed by atoms with Crippen LogP contribution in [0.2, 0.25) is 0 Å². The van der Waals surface area contributed by atoms with Crippen LogP contribution in [0.15, 0.2) is 12.1 Å². The molecule has 0 aliphatic carbocycles. The van der Waals surface area contributed by atoms with Gasteiger partial charge in [-0.15, -0.1) is 10.2 Å². The van der Waals surface area contributed by atoms with Gasteiger partial charge in [0.25, 0.3) is 0 Å². The van der Waals surface area contributed by atoms with E-state index in [0.717, 1.165) is 38.0 Å². The highest BCUT2D eigenvalue weighted by molar-refractivity contribution is 5.79. The Morgan fingerprint density at radius 3 is 2.88 bits per heavy atom. The molecule has 0 unspecified atom stereocenters. The molecule has 0 saturated carbocycles. The zero-order chi connectivity index (χ0) is 17.9. The lowest BCUT2D eigenvalue weighted by atomic mass is 9.92. The summed E-state index contributed by atoms with van der Waals surface area (Å²) >= 11 is 0. The van der Waals surface area contributed by atoms with Crippen molar-refractivity contribution in [2.45, 2.75) is 51.2 Å². The average Bonchev–Trinajstić information content (AvgIpc) is 2.61. The van der Waals surface area contributed by atoms with Crippen LogP contribution in [0.3, 0.4) is 0 Å². The van der Waals surface area contributed by atoms with Crippen LogP contribution >= 0.6 is 0 Å². The minimum absolute atomic E-state index is 0.0105. The number of amides is 1. The van der Waals surface area contributed by atoms with E-state index in [1.165, 1.54) is 0 Å². The first-order chi connectivity index (χ1) is 12.0. The Morgan fingerprint density at radius 1 is 1.36 bits per heavy atom. The van der Waals surface area contributed by atoms with E-state index in [1.54, 1.807) is 13.2 Å². The summed E-state index contributed by atoms with van der Waals surface area (Å²) in [5.41, 5.74) is -0.159. The Balaban J connectivity index is 1.57. The molecule has 0 radical (unpaired) electrons. The number of hydrogen-bond donors (Lipinski definition) is 1. The molecule has 0 aromatic carbocycles. The minimum Gasteiger partial charge on any atom is -0.480 e. The molecule has 2 fully saturated rings. The maximum absolute atomic E-state index is 12.7. The fourth-order valence-corrected chi connectivity index (χ4v) is 3.66. The number of hydrogen-bond acceptors (Lipinski definition) is 6. The van der Waals surface area contributed by atoms with E-state index in [2.05, 4.69) is 34.3 Å². The van der Waals surface area contributed by atoms with Crippen LogP contribution in [-0.2, 0) is 9.53 Å². The van der Waals surface area contributed by atoms with E-state index in [-0.39, 0.29) is 23.5 Å². The summed E-state index contributed by atoms with van der Waals surface area (Å²) in [6.07, 6.45) is 3.64. The Hall–Kier alpha value is -1.89. The van der Waals surface area contributed by atoms with Crippen molar-refractivity contribution in [2.24, 2.45) is 5.92 Å². The Kier molecular flexibility index (Phi) is 5.42. The van der Waals surface area contributed by atoms with Gasteiger partial charge < -0.3 is 19.7 Å². The Labute approximate surface area is 149 Å². The van der Waals surface area contributed by atoms with Crippen molar-refractivity contribution >= 4 is 11.7 Å². The summed E-state index contributed by atoms with van der Waals surface area (Å²) < 4.78 is 10.8. The van der Waals surface area contributed by atoms with Gasteiger partial charge >= 0.3 is 0 Å². The van der Waals surface area contributed by atoms with Crippen molar-refractivity contribution < 1.29 is 14.3 Å². The number of carbonyl (C=O) groups is 1. The van der Waals surface area contributed by atoms with E-state index >= 15 is 0 Å². The maximum Gasteiger partial charge on any atom is 0.233 e. The summed E-state index contributed by atoms with van der Waals surface area (Å²) in [4.78, 5) is 14.9. The molecular formula is C18H28N4O3. The van der Waals surface area contributed by atoms with Gasteiger partial charge in [0, 0.05) is 31.8 Å². The van der Waals surface area contributed by atoms with Gasteiger partial charge in [0.2, 0.25) is 11.8 Å². The molecule has 138 valence electrons. The van der Waals surface area contributed by atoms with Crippen LogP contribution in [0.5, 0.6) is 5.88 Å². The SMILES string of the molecule is COc1ccc(N2CCC[C@H](C(=O)N[C@@H]3CCOC(C)(C)C3)C2)nn1. The molecule has 2 aliphatic heterocycles. The van der Waals surface area contributed by atoms with Crippen molar-refractivity contribution in [3.05, 3.63) is 12.1 Å². The number of piperidine rings is 1. The van der Waals surface area contributed by atoms with E-state index in [9.17, 15) is 4.79 Å². The normalized spacial score (nSPS) is 26.1. The smallest absolute Gasteiger partial charge is 0.233 e. The van der Waals surface area contributed by atoms with Crippen molar-refractivity contribution in [1.82, 2.24) is 15.5 Å². The number of anilines is 1. The number of methoxy groups -OCH3 is 1. The zero-order valence-electron chi connectivity index (χ0n) is 15.3. The van der Waals surface area contributed by atoms with E-state index in [1.807, 2.05) is 6.07 Å². The van der Waals surface area contributed by atoms with Gasteiger partial charge in [-0.1, -0.05) is 0 Å². The molecule has 1 N–H and O–H groups in total. The molecule has 1 aromatic rings. The first-order valence-corrected chi connectivity index (χ1v) is 9.04. The van der Waals surface area contributed by atoms with Gasteiger partial charge in [0.15, 0.2) is 5.82 Å². The molecule has 0 spiro atoms. The lowest BCUT2D eigenvalue weighted by Gasteiger charge is -2.37. The van der Waals surface area contributed by atoms with Crippen molar-refractivity contribution in [1.29, 1.82) is 0 Å². The first kappa shape index (κ1) is 17.9. The van der Waals surface area contributed by atoms with E-state index in [0.29, 0.717) is 19.0 Å². The van der Waals surface area contributed by atoms with Crippen LogP contribution in [0.1, 0.15) is 39.5 Å². The third-order valence-electron chi connectivity index (χ3n) is 4.99. The molecule has 3 heterocycles. The third kappa shape index (κ3) is 4.60. The number of rotatable bonds is 4. The highest BCUT2D eigenvalue weighted by Crippen LogP contribution is 2.26. The zero-order valence-corrected chi connectivity index (χ0v) is 15.3. The van der Waals surface area contributed by atoms with Crippen LogP contribution < -0.4 is 15.0 Å². The topological polar surface area (TPSA) is 76.6 Å². The van der Waals surface area contributed by atoms with Gasteiger partial charge in [-0.25, -0.2) is 0 Å². The van der Waals surface area contributed by atoms with Gasteiger partial charge in [-0.3, -0.25) is 4.79 Å². The van der Waals surface area contributed by atoms with Gasteiger partial charge in [0.1, 0.15) is 0 Å². The first-order valence-electron chi connectivity index (χ1n) is 9.04. The van der Waals surface area contributed by atoms with Crippen LogP contribution in [0.25, 0.3) is 0 Å². The molecule has 2 atom stereocenters. The highest BCUT2D eigenvalue weighted by Gasteiger charge is 2.32. The highest BCUT2D eigenvalue weighted by atomic mass is 16.5. The van der Waals surface area contributed by atoms with Gasteiger partial charge in [0.05, 0.1) is 18.6 Å². The molecule has 1 aromatic heterocycles. The van der Waals surface area contributed by atoms with E-state index in [4.69, 9.17) is 9.47 Å². The number of aromatic nitrogens is 2. The minimum atomic E-state index is -0.159. The van der Waals surface area contributed by atoms with E-state index < -0.39 is 0 Å². The molecule has 7 nitrogen and oxygen atoms in total. The van der Waals surface area contributed by atoms with Crippen molar-refractivity contribution in [2.75, 3.05) is 31.7 Å². The Morgan fingerprint density at radius 2 is 2.20 bits per heavy atom. The fraction of sp³-hybridized carbons (Fsp3) is 0.722. The summed E-state index contributed by atoms with van der Waals surface area (Å²) in [5, 5.41) is 11.5. The summed E-state index contributed by atoms with van der Waals surface area (Å²) in [6.45, 7) is 6.44. The predicted molar refractivity (Wildman–Crippen MR) is 94.7 cm³/mol. The number of nitrogens with zero attached hydrogens (tertiary/aromatic N) is 3. The molecule has 3 rings (SSSR count). The molecule has 2 saturated heterocycles. The average molecular weight is 348 g/mol. The van der Waals surface area contributed by atoms with Crippen LogP contribution in [0, 0.1) is 5.92 Å². The standard InChI is InChI=1S/C18H28N4O3/c1-18(2)11-14(8-10-25-18)19-17(23)13-5-4-9-22(12-13)15-6-7-16(24-3)21-20-15/h6-7,13-14H,4-5,8-12H2,1-3H3,(H,19,23)/t13-,14+/m0/s1. The lowest BCUT2D eigenvalue weighted by Crippen LogP contribution is -2.50. The molecule has 2 aliphatic rings. The Bertz CT molecular complexity index is 590. The van der Waals surface area contributed by atoms with Gasteiger partial charge in [-0.05, 0) is 45.6 Å². The molecule has 0 bridgehead atoms. The number of nitrogens with one attached hydrogen (secondary N) is 1. The van der Waals surface area contributed by atoms with Crippen LogP contribution in [0.4, 0.5) is 5.82 Å². The maximum atomic E-state index is 12.7. The lowest BCUT2D eigenvalue weighted by molar-refractivity contribution is -0.128. The second-order valence-corrected chi connectivity index (χ2v) is 7.53. The molecule has 1 amide bonds. The third-order valence-corrected chi connectivity index (χ3v) is 4.99. The quantitative estimate of drug-likeness (QED) is 0.894. The van der Waals surface area contributed by atoms with Crippen molar-refractivity contribution in [3.63, 3.8) is 0 Å². The molecule has 7 heteroatoms. The molecule has 25 heavy (non-hydrogen) atoms. The fourth-order valence-electron chi connectivity index (χ4n) is 3.66. The summed E-state index contributed by atoms with van der Waals surface area (Å²) in [6, 6.07) is 3.90. The molecular weight excluding hydrogens is 320 g/mol. The monoisotopic (exact) mass is 348 g/mol. The summed E-state index contributed by atoms with van der Waals surface area (Å²) in [5.74, 6) is 1.43.